The quantitative estimate of drug-likeness (QED) is 0.210. The van der Waals surface area contributed by atoms with Gasteiger partial charge in [-0.15, -0.1) is 0 Å². The van der Waals surface area contributed by atoms with E-state index >= 15 is 0 Å². The molecular weight excluding hydrogens is 378 g/mol. The van der Waals surface area contributed by atoms with Crippen LogP contribution in [0.3, 0.4) is 0 Å². The fourth-order valence-corrected chi connectivity index (χ4v) is 4.62. The molecule has 5 nitrogen and oxygen atoms in total. The number of hydrogen-bond acceptors (Lipinski definition) is 4. The third kappa shape index (κ3) is 6.66. The summed E-state index contributed by atoms with van der Waals surface area (Å²) < 4.78 is 12.2. The second kappa shape index (κ2) is 12.2. The largest absolute Gasteiger partial charge is 0.376 e. The molecule has 0 aromatic heterocycles. The van der Waals surface area contributed by atoms with Gasteiger partial charge in [0.2, 0.25) is 5.91 Å². The first-order valence-corrected chi connectivity index (χ1v) is 11.6. The SMILES string of the molecule is CCCCN(O)C(=O)CCCC=CC[C@@H]1[C@H](COCc2ccccc2)[C@@H]2CC[C@H]1O2. The van der Waals surface area contributed by atoms with Gasteiger partial charge in [0.1, 0.15) is 0 Å². The van der Waals surface area contributed by atoms with Crippen LogP contribution in [-0.2, 0) is 20.9 Å². The number of carbonyl (C=O) groups excluding carboxylic acids is 1. The zero-order valence-corrected chi connectivity index (χ0v) is 18.2. The molecule has 0 saturated carbocycles. The van der Waals surface area contributed by atoms with E-state index in [9.17, 15) is 10.0 Å². The summed E-state index contributed by atoms with van der Waals surface area (Å²) in [7, 11) is 0. The molecule has 2 heterocycles. The molecule has 0 spiro atoms. The van der Waals surface area contributed by atoms with E-state index < -0.39 is 0 Å². The van der Waals surface area contributed by atoms with Gasteiger partial charge in [-0.2, -0.15) is 0 Å². The zero-order chi connectivity index (χ0) is 21.2. The highest BCUT2D eigenvalue weighted by molar-refractivity contribution is 5.74. The number of benzene rings is 1. The molecule has 2 bridgehead atoms. The maximum absolute atomic E-state index is 11.8. The molecule has 0 aliphatic carbocycles. The van der Waals surface area contributed by atoms with Gasteiger partial charge >= 0.3 is 0 Å². The van der Waals surface area contributed by atoms with Crippen molar-refractivity contribution < 1.29 is 19.5 Å². The highest BCUT2D eigenvalue weighted by Crippen LogP contribution is 2.45. The Bertz CT molecular complexity index is 662. The summed E-state index contributed by atoms with van der Waals surface area (Å²) in [5.41, 5.74) is 1.21. The van der Waals surface area contributed by atoms with Gasteiger partial charge < -0.3 is 9.47 Å². The number of fused-ring (bicyclic) bond motifs is 2. The van der Waals surface area contributed by atoms with Crippen molar-refractivity contribution in [2.24, 2.45) is 11.8 Å². The first kappa shape index (κ1) is 23.0. The minimum atomic E-state index is -0.172. The number of hydroxylamine groups is 2. The lowest BCUT2D eigenvalue weighted by Crippen LogP contribution is -2.30. The maximum atomic E-state index is 11.8. The molecule has 2 fully saturated rings. The van der Waals surface area contributed by atoms with Gasteiger partial charge in [0.05, 0.1) is 25.4 Å². The minimum absolute atomic E-state index is 0.172. The Balaban J connectivity index is 1.35. The monoisotopic (exact) mass is 415 g/mol. The van der Waals surface area contributed by atoms with Crippen molar-refractivity contribution in [3.63, 3.8) is 0 Å². The predicted octanol–water partition coefficient (Wildman–Crippen LogP) is 5.13. The summed E-state index contributed by atoms with van der Waals surface area (Å²) in [6.45, 7) is 3.89. The second-order valence-electron chi connectivity index (χ2n) is 8.59. The molecule has 0 unspecified atom stereocenters. The number of carbonyl (C=O) groups is 1. The molecule has 1 amide bonds. The minimum Gasteiger partial charge on any atom is -0.376 e. The lowest BCUT2D eigenvalue weighted by atomic mass is 9.78. The molecule has 2 saturated heterocycles. The van der Waals surface area contributed by atoms with Crippen LogP contribution < -0.4 is 0 Å². The van der Waals surface area contributed by atoms with E-state index in [4.69, 9.17) is 9.47 Å². The molecule has 2 aliphatic heterocycles. The number of nitrogens with zero attached hydrogens (tertiary/aromatic N) is 1. The predicted molar refractivity (Wildman–Crippen MR) is 117 cm³/mol. The van der Waals surface area contributed by atoms with Crippen LogP contribution in [0.5, 0.6) is 0 Å². The van der Waals surface area contributed by atoms with E-state index in [1.165, 1.54) is 5.56 Å². The lowest BCUT2D eigenvalue weighted by Gasteiger charge is -2.27. The van der Waals surface area contributed by atoms with Crippen LogP contribution in [0.15, 0.2) is 42.5 Å². The smallest absolute Gasteiger partial charge is 0.245 e. The Kier molecular flexibility index (Phi) is 9.37. The second-order valence-corrected chi connectivity index (χ2v) is 8.59. The van der Waals surface area contributed by atoms with Gasteiger partial charge in [0, 0.05) is 18.9 Å². The van der Waals surface area contributed by atoms with Crippen LogP contribution in [0.25, 0.3) is 0 Å². The van der Waals surface area contributed by atoms with Crippen molar-refractivity contribution >= 4 is 5.91 Å². The van der Waals surface area contributed by atoms with E-state index in [0.29, 0.717) is 43.6 Å². The first-order valence-electron chi connectivity index (χ1n) is 11.6. The summed E-state index contributed by atoms with van der Waals surface area (Å²) in [6, 6.07) is 10.3. The Morgan fingerprint density at radius 2 is 1.93 bits per heavy atom. The average molecular weight is 416 g/mol. The zero-order valence-electron chi connectivity index (χ0n) is 18.2. The summed E-state index contributed by atoms with van der Waals surface area (Å²) in [6.07, 6.45) is 12.3. The molecule has 1 aromatic rings. The van der Waals surface area contributed by atoms with Gasteiger partial charge in [-0.05, 0) is 50.0 Å². The van der Waals surface area contributed by atoms with E-state index in [1.807, 2.05) is 25.1 Å². The third-order valence-electron chi connectivity index (χ3n) is 6.36. The van der Waals surface area contributed by atoms with Crippen molar-refractivity contribution in [1.82, 2.24) is 5.06 Å². The summed E-state index contributed by atoms with van der Waals surface area (Å²) in [4.78, 5) is 11.8. The molecule has 0 radical (unpaired) electrons. The Labute approximate surface area is 181 Å². The van der Waals surface area contributed by atoms with Crippen LogP contribution in [0.1, 0.15) is 63.9 Å². The van der Waals surface area contributed by atoms with Gasteiger partial charge in [-0.3, -0.25) is 10.0 Å². The molecule has 1 aromatic carbocycles. The number of hydrogen-bond donors (Lipinski definition) is 1. The van der Waals surface area contributed by atoms with E-state index in [0.717, 1.165) is 56.6 Å². The van der Waals surface area contributed by atoms with Crippen LogP contribution in [0.4, 0.5) is 0 Å². The fourth-order valence-electron chi connectivity index (χ4n) is 4.62. The molecule has 4 atom stereocenters. The Morgan fingerprint density at radius 3 is 2.70 bits per heavy atom. The van der Waals surface area contributed by atoms with Crippen LogP contribution in [-0.4, -0.2) is 41.5 Å². The number of ether oxygens (including phenoxy) is 2. The van der Waals surface area contributed by atoms with Crippen LogP contribution in [0.2, 0.25) is 0 Å². The number of unbranched alkanes of at least 4 members (excludes halogenated alkanes) is 2. The topological polar surface area (TPSA) is 59.0 Å². The number of allylic oxidation sites excluding steroid dienone is 2. The highest BCUT2D eigenvalue weighted by atomic mass is 16.5. The van der Waals surface area contributed by atoms with Gasteiger partial charge in [0.15, 0.2) is 0 Å². The van der Waals surface area contributed by atoms with E-state index in [1.54, 1.807) is 0 Å². The molecule has 5 heteroatoms. The summed E-state index contributed by atoms with van der Waals surface area (Å²) in [5.74, 6) is 0.827. The number of rotatable bonds is 13. The average Bonchev–Trinajstić information content (AvgIpc) is 3.37. The van der Waals surface area contributed by atoms with Crippen molar-refractivity contribution in [2.45, 2.75) is 77.1 Å². The number of amides is 1. The molecule has 2 aliphatic rings. The summed E-state index contributed by atoms with van der Waals surface area (Å²) >= 11 is 0. The van der Waals surface area contributed by atoms with Gasteiger partial charge in [-0.25, -0.2) is 5.06 Å². The Morgan fingerprint density at radius 1 is 1.17 bits per heavy atom. The van der Waals surface area contributed by atoms with Gasteiger partial charge in [-0.1, -0.05) is 55.8 Å². The first-order chi connectivity index (χ1) is 14.7. The molecule has 30 heavy (non-hydrogen) atoms. The van der Waals surface area contributed by atoms with Crippen molar-refractivity contribution in [1.29, 1.82) is 0 Å². The Hall–Kier alpha value is -1.69. The molecule has 166 valence electrons. The van der Waals surface area contributed by atoms with Crippen molar-refractivity contribution in [3.05, 3.63) is 48.0 Å². The van der Waals surface area contributed by atoms with Gasteiger partial charge in [0.25, 0.3) is 0 Å². The maximum Gasteiger partial charge on any atom is 0.245 e. The van der Waals surface area contributed by atoms with Crippen molar-refractivity contribution in [2.75, 3.05) is 13.2 Å². The normalized spacial score (nSPS) is 25.3. The van der Waals surface area contributed by atoms with Crippen molar-refractivity contribution in [3.8, 4) is 0 Å². The standard InChI is InChI=1S/C25H37NO4/c1-2-3-17-26(28)25(27)14-10-5-4-9-13-21-22(24-16-15-23(21)30-24)19-29-18-20-11-7-6-8-12-20/h4,6-9,11-12,21-24,28H,2-3,5,10,13-19H2,1H3/t21-,22+,23-,24+/m1/s1. The fraction of sp³-hybridized carbons (Fsp3) is 0.640. The summed E-state index contributed by atoms with van der Waals surface area (Å²) in [5, 5.41) is 10.5. The van der Waals surface area contributed by atoms with Crippen LogP contribution in [0, 0.1) is 11.8 Å². The van der Waals surface area contributed by atoms with Crippen LogP contribution >= 0.6 is 0 Å². The highest BCUT2D eigenvalue weighted by Gasteiger charge is 2.48. The van der Waals surface area contributed by atoms with E-state index in [2.05, 4.69) is 24.3 Å². The molecular formula is C25H37NO4. The molecule has 3 rings (SSSR count). The lowest BCUT2D eigenvalue weighted by molar-refractivity contribution is -0.165. The molecule has 1 N–H and O–H groups in total. The van der Waals surface area contributed by atoms with E-state index in [-0.39, 0.29) is 5.91 Å². The third-order valence-corrected chi connectivity index (χ3v) is 6.36.